The van der Waals surface area contributed by atoms with Crippen LogP contribution in [-0.2, 0) is 9.53 Å². The van der Waals surface area contributed by atoms with E-state index in [0.29, 0.717) is 21.3 Å². The van der Waals surface area contributed by atoms with Gasteiger partial charge in [0.05, 0.1) is 17.2 Å². The van der Waals surface area contributed by atoms with Crippen LogP contribution in [0.25, 0.3) is 0 Å². The van der Waals surface area contributed by atoms with Gasteiger partial charge in [0.2, 0.25) is 0 Å². The molecule has 0 spiro atoms. The van der Waals surface area contributed by atoms with Crippen LogP contribution in [0.15, 0.2) is 42.5 Å². The highest BCUT2D eigenvalue weighted by Crippen LogP contribution is 2.20. The average molecular weight is 363 g/mol. The Morgan fingerprint density at radius 2 is 1.83 bits per heavy atom. The molecule has 0 fully saturated rings. The Kier molecular flexibility index (Phi) is 5.80. The van der Waals surface area contributed by atoms with Crippen molar-refractivity contribution in [3.05, 3.63) is 63.6 Å². The number of nitrogens with zero attached hydrogens (tertiary/aromatic N) is 1. The smallest absolute Gasteiger partial charge is 0.339 e. The van der Waals surface area contributed by atoms with Crippen molar-refractivity contribution >= 4 is 40.8 Å². The second-order valence-electron chi connectivity index (χ2n) is 4.89. The van der Waals surface area contributed by atoms with E-state index in [0.717, 1.165) is 0 Å². The average Bonchev–Trinajstić information content (AvgIpc) is 2.54. The minimum atomic E-state index is -1.04. The zero-order chi connectivity index (χ0) is 17.7. The number of hydrogen-bond acceptors (Lipinski definition) is 4. The number of halogens is 2. The van der Waals surface area contributed by atoms with Crippen molar-refractivity contribution in [2.75, 3.05) is 5.32 Å². The van der Waals surface area contributed by atoms with E-state index in [4.69, 9.17) is 33.2 Å². The fourth-order valence-electron chi connectivity index (χ4n) is 1.86. The molecule has 122 valence electrons. The van der Waals surface area contributed by atoms with Crippen molar-refractivity contribution in [1.29, 1.82) is 5.26 Å². The number of esters is 1. The van der Waals surface area contributed by atoms with E-state index >= 15 is 0 Å². The van der Waals surface area contributed by atoms with Gasteiger partial charge in [0.1, 0.15) is 0 Å². The van der Waals surface area contributed by atoms with Crippen LogP contribution in [0.3, 0.4) is 0 Å². The number of amides is 1. The summed E-state index contributed by atoms with van der Waals surface area (Å²) in [7, 11) is 0. The maximum atomic E-state index is 12.1. The van der Waals surface area contributed by atoms with Gasteiger partial charge in [-0.25, -0.2) is 4.79 Å². The topological polar surface area (TPSA) is 79.2 Å². The highest BCUT2D eigenvalue weighted by Gasteiger charge is 2.19. The monoisotopic (exact) mass is 362 g/mol. The van der Waals surface area contributed by atoms with Crippen LogP contribution in [0.4, 0.5) is 5.69 Å². The fraction of sp³-hybridized carbons (Fsp3) is 0.118. The number of anilines is 1. The van der Waals surface area contributed by atoms with Crippen molar-refractivity contribution in [2.45, 2.75) is 13.0 Å². The minimum absolute atomic E-state index is 0.152. The number of carbonyl (C=O) groups is 2. The summed E-state index contributed by atoms with van der Waals surface area (Å²) in [6, 6.07) is 12.7. The van der Waals surface area contributed by atoms with E-state index in [-0.39, 0.29) is 5.56 Å². The third kappa shape index (κ3) is 4.72. The van der Waals surface area contributed by atoms with Gasteiger partial charge in [-0.3, -0.25) is 4.79 Å². The number of rotatable bonds is 4. The summed E-state index contributed by atoms with van der Waals surface area (Å²) < 4.78 is 5.10. The van der Waals surface area contributed by atoms with Gasteiger partial charge in [-0.1, -0.05) is 29.3 Å². The van der Waals surface area contributed by atoms with Crippen molar-refractivity contribution in [2.24, 2.45) is 0 Å². The molecule has 0 saturated heterocycles. The lowest BCUT2D eigenvalue weighted by Gasteiger charge is -2.14. The molecule has 0 bridgehead atoms. The van der Waals surface area contributed by atoms with Gasteiger partial charge in [0.15, 0.2) is 6.10 Å². The summed E-state index contributed by atoms with van der Waals surface area (Å²) in [6.45, 7) is 1.44. The largest absolute Gasteiger partial charge is 0.449 e. The Balaban J connectivity index is 2.03. The summed E-state index contributed by atoms with van der Waals surface area (Å²) in [5.74, 6) is -1.24. The number of nitriles is 1. The first-order valence-corrected chi connectivity index (χ1v) is 7.63. The second kappa shape index (κ2) is 7.82. The molecule has 2 aromatic rings. The predicted molar refractivity (Wildman–Crippen MR) is 91.1 cm³/mol. The van der Waals surface area contributed by atoms with E-state index in [1.54, 1.807) is 18.2 Å². The van der Waals surface area contributed by atoms with Crippen molar-refractivity contribution in [3.8, 4) is 6.07 Å². The molecule has 1 N–H and O–H groups in total. The summed E-state index contributed by atoms with van der Waals surface area (Å²) in [5.41, 5.74) is 0.998. The number of carbonyl (C=O) groups excluding carboxylic acids is 2. The molecule has 0 aromatic heterocycles. The van der Waals surface area contributed by atoms with Gasteiger partial charge in [-0.15, -0.1) is 0 Å². The van der Waals surface area contributed by atoms with Gasteiger partial charge in [-0.2, -0.15) is 5.26 Å². The molecule has 1 amide bonds. The van der Waals surface area contributed by atoms with Crippen molar-refractivity contribution in [3.63, 3.8) is 0 Å². The first kappa shape index (κ1) is 17.8. The molecule has 2 aromatic carbocycles. The SMILES string of the molecule is CC(OC(=O)c1cc(Cl)cc(Cl)c1)C(=O)Nc1cccc(C#N)c1. The molecule has 2 rings (SSSR count). The van der Waals surface area contributed by atoms with Crippen LogP contribution in [0, 0.1) is 11.3 Å². The molecule has 0 aliphatic heterocycles. The first-order chi connectivity index (χ1) is 11.4. The molecular formula is C17H12Cl2N2O3. The number of ether oxygens (including phenoxy) is 1. The zero-order valence-corrected chi connectivity index (χ0v) is 14.1. The Bertz CT molecular complexity index is 811. The lowest BCUT2D eigenvalue weighted by molar-refractivity contribution is -0.123. The third-order valence-electron chi connectivity index (χ3n) is 3.01. The molecule has 24 heavy (non-hydrogen) atoms. The van der Waals surface area contributed by atoms with Crippen LogP contribution in [0.2, 0.25) is 10.0 Å². The molecule has 1 atom stereocenters. The maximum absolute atomic E-state index is 12.1. The summed E-state index contributed by atoms with van der Waals surface area (Å²) in [4.78, 5) is 24.1. The standard InChI is InChI=1S/C17H12Cl2N2O3/c1-10(16(22)21-15-4-2-3-11(5-15)9-20)24-17(23)12-6-13(18)8-14(19)7-12/h2-8,10H,1H3,(H,21,22). The summed E-state index contributed by atoms with van der Waals surface area (Å²) in [6.07, 6.45) is -1.04. The first-order valence-electron chi connectivity index (χ1n) is 6.87. The normalized spacial score (nSPS) is 11.2. The quantitative estimate of drug-likeness (QED) is 0.832. The molecule has 0 radical (unpaired) electrons. The van der Waals surface area contributed by atoms with Crippen LogP contribution in [0.5, 0.6) is 0 Å². The Morgan fingerprint density at radius 3 is 2.46 bits per heavy atom. The molecule has 7 heteroatoms. The van der Waals surface area contributed by atoms with Crippen LogP contribution in [-0.4, -0.2) is 18.0 Å². The highest BCUT2D eigenvalue weighted by atomic mass is 35.5. The Labute approximate surface area is 148 Å². The van der Waals surface area contributed by atoms with Crippen LogP contribution >= 0.6 is 23.2 Å². The van der Waals surface area contributed by atoms with Gasteiger partial charge in [-0.05, 0) is 43.3 Å². The molecule has 0 aliphatic rings. The van der Waals surface area contributed by atoms with Gasteiger partial charge in [0, 0.05) is 15.7 Å². The second-order valence-corrected chi connectivity index (χ2v) is 5.76. The molecule has 0 saturated carbocycles. The van der Waals surface area contributed by atoms with E-state index in [1.165, 1.54) is 31.2 Å². The predicted octanol–water partition coefficient (Wildman–Crippen LogP) is 4.05. The molecule has 0 heterocycles. The lowest BCUT2D eigenvalue weighted by atomic mass is 10.2. The Hall–Kier alpha value is -2.55. The highest BCUT2D eigenvalue weighted by molar-refractivity contribution is 6.35. The molecule has 5 nitrogen and oxygen atoms in total. The Morgan fingerprint density at radius 1 is 1.17 bits per heavy atom. The molecule has 1 unspecified atom stereocenters. The maximum Gasteiger partial charge on any atom is 0.339 e. The lowest BCUT2D eigenvalue weighted by Crippen LogP contribution is -2.30. The number of hydrogen-bond donors (Lipinski definition) is 1. The fourth-order valence-corrected chi connectivity index (χ4v) is 2.39. The van der Waals surface area contributed by atoms with Gasteiger partial charge >= 0.3 is 5.97 Å². The van der Waals surface area contributed by atoms with Crippen molar-refractivity contribution in [1.82, 2.24) is 0 Å². The zero-order valence-electron chi connectivity index (χ0n) is 12.5. The van der Waals surface area contributed by atoms with E-state index < -0.39 is 18.0 Å². The number of nitrogens with one attached hydrogen (secondary N) is 1. The minimum Gasteiger partial charge on any atom is -0.449 e. The number of benzene rings is 2. The van der Waals surface area contributed by atoms with Crippen LogP contribution in [0.1, 0.15) is 22.8 Å². The molecular weight excluding hydrogens is 351 g/mol. The van der Waals surface area contributed by atoms with Crippen molar-refractivity contribution < 1.29 is 14.3 Å². The van der Waals surface area contributed by atoms with E-state index in [2.05, 4.69) is 5.32 Å². The molecule has 0 aliphatic carbocycles. The van der Waals surface area contributed by atoms with Gasteiger partial charge in [0.25, 0.3) is 5.91 Å². The third-order valence-corrected chi connectivity index (χ3v) is 3.45. The van der Waals surface area contributed by atoms with E-state index in [1.807, 2.05) is 6.07 Å². The summed E-state index contributed by atoms with van der Waals surface area (Å²) in [5, 5.41) is 12.0. The van der Waals surface area contributed by atoms with Crippen LogP contribution < -0.4 is 5.32 Å². The van der Waals surface area contributed by atoms with Gasteiger partial charge < -0.3 is 10.1 Å². The summed E-state index contributed by atoms with van der Waals surface area (Å²) >= 11 is 11.7. The van der Waals surface area contributed by atoms with E-state index in [9.17, 15) is 9.59 Å².